The topological polar surface area (TPSA) is 41.0 Å². The molecule has 1 saturated heterocycles. The summed E-state index contributed by atoms with van der Waals surface area (Å²) in [6.45, 7) is 10.2. The van der Waals surface area contributed by atoms with Crippen LogP contribution in [0.2, 0.25) is 0 Å². The molecule has 5 heteroatoms. The molecule has 1 unspecified atom stereocenters. The average molecular weight is 254 g/mol. The molecule has 0 saturated carbocycles. The van der Waals surface area contributed by atoms with Crippen molar-refractivity contribution >= 4 is 16.5 Å². The van der Waals surface area contributed by atoms with Crippen LogP contribution in [0.15, 0.2) is 0 Å². The Morgan fingerprint density at radius 2 is 2.12 bits per heavy atom. The first-order valence-corrected chi connectivity index (χ1v) is 7.29. The maximum Gasteiger partial charge on any atom is 0.205 e. The van der Waals surface area contributed by atoms with Gasteiger partial charge in [0.05, 0.1) is 0 Å². The highest BCUT2D eigenvalue weighted by atomic mass is 32.1. The van der Waals surface area contributed by atoms with Crippen LogP contribution in [-0.4, -0.2) is 40.8 Å². The van der Waals surface area contributed by atoms with Gasteiger partial charge in [0.2, 0.25) is 5.13 Å². The lowest BCUT2D eigenvalue weighted by Gasteiger charge is -2.34. The molecule has 1 fully saturated rings. The van der Waals surface area contributed by atoms with Crippen molar-refractivity contribution < 1.29 is 0 Å². The Kier molecular flexibility index (Phi) is 4.34. The van der Waals surface area contributed by atoms with Crippen LogP contribution in [-0.2, 0) is 0 Å². The van der Waals surface area contributed by atoms with Crippen molar-refractivity contribution in [1.82, 2.24) is 15.1 Å². The summed E-state index contributed by atoms with van der Waals surface area (Å²) in [7, 11) is 0. The summed E-state index contributed by atoms with van der Waals surface area (Å²) in [5.41, 5.74) is 0. The van der Waals surface area contributed by atoms with Gasteiger partial charge in [0, 0.05) is 6.04 Å². The van der Waals surface area contributed by atoms with Crippen molar-refractivity contribution in [3.63, 3.8) is 0 Å². The van der Waals surface area contributed by atoms with Crippen LogP contribution < -0.4 is 5.32 Å². The van der Waals surface area contributed by atoms with E-state index < -0.39 is 0 Å². The molecule has 4 nitrogen and oxygen atoms in total. The Labute approximate surface area is 107 Å². The molecule has 0 aliphatic carbocycles. The first-order valence-electron chi connectivity index (χ1n) is 6.48. The summed E-state index contributed by atoms with van der Waals surface area (Å²) in [6, 6.07) is 0.501. The van der Waals surface area contributed by atoms with E-state index in [1.54, 1.807) is 11.3 Å². The van der Waals surface area contributed by atoms with E-state index in [9.17, 15) is 0 Å². The maximum atomic E-state index is 4.13. The van der Waals surface area contributed by atoms with Crippen molar-refractivity contribution in [3.8, 4) is 0 Å². The number of hydrogen-bond donors (Lipinski definition) is 1. The first-order chi connectivity index (χ1) is 8.19. The second-order valence-corrected chi connectivity index (χ2v) is 6.01. The molecule has 2 rings (SSSR count). The molecular weight excluding hydrogens is 232 g/mol. The van der Waals surface area contributed by atoms with E-state index in [1.807, 2.05) is 6.92 Å². The van der Waals surface area contributed by atoms with E-state index in [0.29, 0.717) is 6.04 Å². The zero-order valence-electron chi connectivity index (χ0n) is 10.9. The number of nitrogens with one attached hydrogen (secondary N) is 1. The smallest absolute Gasteiger partial charge is 0.205 e. The summed E-state index contributed by atoms with van der Waals surface area (Å²) < 4.78 is 0. The Morgan fingerprint density at radius 3 is 2.65 bits per heavy atom. The average Bonchev–Trinajstić information content (AvgIpc) is 2.75. The zero-order valence-corrected chi connectivity index (χ0v) is 11.8. The van der Waals surface area contributed by atoms with Crippen LogP contribution in [0.4, 0.5) is 5.13 Å². The lowest BCUT2D eigenvalue weighted by atomic mass is 9.90. The second-order valence-electron chi connectivity index (χ2n) is 4.83. The maximum absolute atomic E-state index is 4.13. The summed E-state index contributed by atoms with van der Waals surface area (Å²) in [5, 5.41) is 13.7. The number of piperidine rings is 1. The Hall–Kier alpha value is -0.680. The number of nitrogens with zero attached hydrogens (tertiary/aromatic N) is 3. The molecule has 0 spiro atoms. The molecule has 0 aromatic carbocycles. The van der Waals surface area contributed by atoms with Crippen LogP contribution in [0, 0.1) is 12.8 Å². The number of hydrogen-bond acceptors (Lipinski definition) is 5. The minimum Gasteiger partial charge on any atom is -0.357 e. The highest BCUT2D eigenvalue weighted by Crippen LogP contribution is 2.24. The summed E-state index contributed by atoms with van der Waals surface area (Å²) in [5.74, 6) is 0.766. The van der Waals surface area contributed by atoms with E-state index in [4.69, 9.17) is 0 Å². The summed E-state index contributed by atoms with van der Waals surface area (Å²) in [4.78, 5) is 2.53. The molecule has 1 aromatic rings. The van der Waals surface area contributed by atoms with Gasteiger partial charge in [-0.25, -0.2) is 0 Å². The van der Waals surface area contributed by atoms with E-state index in [2.05, 4.69) is 34.3 Å². The highest BCUT2D eigenvalue weighted by molar-refractivity contribution is 7.15. The van der Waals surface area contributed by atoms with Crippen molar-refractivity contribution in [2.24, 2.45) is 5.92 Å². The number of rotatable bonds is 4. The molecule has 1 aliphatic heterocycles. The van der Waals surface area contributed by atoms with Gasteiger partial charge in [0.15, 0.2) is 0 Å². The Bertz CT molecular complexity index is 344. The van der Waals surface area contributed by atoms with E-state index in [1.165, 1.54) is 32.5 Å². The van der Waals surface area contributed by atoms with Crippen LogP contribution in [0.3, 0.4) is 0 Å². The summed E-state index contributed by atoms with van der Waals surface area (Å²) in [6.07, 6.45) is 2.58. The lowest BCUT2D eigenvalue weighted by Crippen LogP contribution is -2.39. The molecular formula is C12H22N4S. The molecule has 96 valence electrons. The molecule has 1 atom stereocenters. The molecule has 1 N–H and O–H groups in total. The number of aryl methyl sites for hydroxylation is 1. The molecule has 1 aromatic heterocycles. The van der Waals surface area contributed by atoms with Gasteiger partial charge in [-0.05, 0) is 52.2 Å². The number of anilines is 1. The number of likely N-dealkylation sites (tertiary alicyclic amines) is 1. The third kappa shape index (κ3) is 3.39. The molecule has 2 heterocycles. The largest absolute Gasteiger partial charge is 0.357 e. The van der Waals surface area contributed by atoms with Gasteiger partial charge < -0.3 is 10.2 Å². The van der Waals surface area contributed by atoms with E-state index >= 15 is 0 Å². The molecule has 17 heavy (non-hydrogen) atoms. The third-order valence-electron chi connectivity index (χ3n) is 3.66. The van der Waals surface area contributed by atoms with Crippen molar-refractivity contribution in [2.45, 2.75) is 39.7 Å². The van der Waals surface area contributed by atoms with Crippen LogP contribution in [0.1, 0.15) is 31.7 Å². The SMILES string of the molecule is CCN1CCC(C(C)Nc2nnc(C)s2)CC1. The van der Waals surface area contributed by atoms with Gasteiger partial charge in [0.1, 0.15) is 5.01 Å². The molecule has 0 radical (unpaired) electrons. The molecule has 1 aliphatic rings. The van der Waals surface area contributed by atoms with Crippen molar-refractivity contribution in [2.75, 3.05) is 25.0 Å². The van der Waals surface area contributed by atoms with Gasteiger partial charge in [-0.15, -0.1) is 10.2 Å². The van der Waals surface area contributed by atoms with Crippen LogP contribution >= 0.6 is 11.3 Å². The standard InChI is InChI=1S/C12H22N4S/c1-4-16-7-5-11(6-8-16)9(2)13-12-15-14-10(3)17-12/h9,11H,4-8H2,1-3H3,(H,13,15). The van der Waals surface area contributed by atoms with Crippen molar-refractivity contribution in [3.05, 3.63) is 5.01 Å². The van der Waals surface area contributed by atoms with Gasteiger partial charge in [-0.2, -0.15) is 0 Å². The fourth-order valence-corrected chi connectivity index (χ4v) is 3.12. The normalized spacial score (nSPS) is 20.4. The van der Waals surface area contributed by atoms with Crippen LogP contribution in [0.25, 0.3) is 0 Å². The van der Waals surface area contributed by atoms with Gasteiger partial charge >= 0.3 is 0 Å². The van der Waals surface area contributed by atoms with Gasteiger partial charge in [0.25, 0.3) is 0 Å². The highest BCUT2D eigenvalue weighted by Gasteiger charge is 2.23. The van der Waals surface area contributed by atoms with Gasteiger partial charge in [-0.3, -0.25) is 0 Å². The monoisotopic (exact) mass is 254 g/mol. The minimum atomic E-state index is 0.501. The molecule has 0 amide bonds. The van der Waals surface area contributed by atoms with E-state index in [-0.39, 0.29) is 0 Å². The lowest BCUT2D eigenvalue weighted by molar-refractivity contribution is 0.183. The fourth-order valence-electron chi connectivity index (χ4n) is 2.44. The predicted molar refractivity (Wildman–Crippen MR) is 72.6 cm³/mol. The van der Waals surface area contributed by atoms with Crippen LogP contribution in [0.5, 0.6) is 0 Å². The molecule has 0 bridgehead atoms. The Balaban J connectivity index is 1.82. The van der Waals surface area contributed by atoms with Crippen molar-refractivity contribution in [1.29, 1.82) is 0 Å². The van der Waals surface area contributed by atoms with E-state index in [0.717, 1.165) is 16.1 Å². The zero-order chi connectivity index (χ0) is 12.3. The quantitative estimate of drug-likeness (QED) is 0.895. The second kappa shape index (κ2) is 5.78. The minimum absolute atomic E-state index is 0.501. The Morgan fingerprint density at radius 1 is 1.41 bits per heavy atom. The first kappa shape index (κ1) is 12.8. The third-order valence-corrected chi connectivity index (χ3v) is 4.43. The predicted octanol–water partition coefficient (Wildman–Crippen LogP) is 2.38. The van der Waals surface area contributed by atoms with Gasteiger partial charge in [-0.1, -0.05) is 18.3 Å². The summed E-state index contributed by atoms with van der Waals surface area (Å²) >= 11 is 1.64. The fraction of sp³-hybridized carbons (Fsp3) is 0.833. The number of aromatic nitrogens is 2.